The number of fused-ring (bicyclic) bond motifs is 1. The second-order valence-corrected chi connectivity index (χ2v) is 11.4. The molecule has 0 amide bonds. The fraction of sp³-hybridized carbons (Fsp3) is 0.846. The first-order valence-corrected chi connectivity index (χ1v) is 13.9. The van der Waals surface area contributed by atoms with Gasteiger partial charge in [0.15, 0.2) is 11.5 Å². The summed E-state index contributed by atoms with van der Waals surface area (Å²) in [5.74, 6) is 2.68. The van der Waals surface area contributed by atoms with Crippen LogP contribution in [0.2, 0.25) is 4.34 Å². The van der Waals surface area contributed by atoms with Gasteiger partial charge in [-0.1, -0.05) is 77.8 Å². The quantitative estimate of drug-likeness (QED) is 0.236. The molecule has 0 N–H and O–H groups in total. The molecular weight excluding hydrogens is 444 g/mol. The normalized spacial score (nSPS) is 20.2. The molecule has 1 aliphatic heterocycles. The first-order valence-electron chi connectivity index (χ1n) is 12.7. The molecule has 2 heterocycles. The Kier molecular flexibility index (Phi) is 12.8. The summed E-state index contributed by atoms with van der Waals surface area (Å²) < 4.78 is 25.7. The predicted molar refractivity (Wildman–Crippen MR) is 136 cm³/mol. The van der Waals surface area contributed by atoms with Crippen LogP contribution in [0.5, 0.6) is 11.5 Å². The molecule has 0 spiro atoms. The van der Waals surface area contributed by atoms with Crippen LogP contribution < -0.4 is 9.47 Å². The van der Waals surface area contributed by atoms with Crippen molar-refractivity contribution in [2.45, 2.75) is 86.0 Å². The Hall–Kier alpha value is -0.490. The van der Waals surface area contributed by atoms with E-state index in [9.17, 15) is 0 Å². The smallest absolute Gasteiger partial charge is 0.191 e. The highest BCUT2D eigenvalue weighted by Crippen LogP contribution is 2.47. The summed E-state index contributed by atoms with van der Waals surface area (Å²) >= 11 is 7.92. The second kappa shape index (κ2) is 14.7. The van der Waals surface area contributed by atoms with Crippen LogP contribution in [0.15, 0.2) is 0 Å². The second-order valence-electron chi connectivity index (χ2n) is 9.53. The largest absolute Gasteiger partial charge is 0.488 e. The number of rotatable bonds is 16. The lowest BCUT2D eigenvalue weighted by Crippen LogP contribution is -2.43. The van der Waals surface area contributed by atoms with E-state index in [1.165, 1.54) is 49.9 Å². The maximum absolute atomic E-state index is 6.41. The van der Waals surface area contributed by atoms with Crippen LogP contribution in [0.1, 0.15) is 83.9 Å². The van der Waals surface area contributed by atoms with E-state index >= 15 is 0 Å². The Morgan fingerprint density at radius 1 is 0.875 bits per heavy atom. The van der Waals surface area contributed by atoms with Crippen molar-refractivity contribution in [3.05, 3.63) is 9.21 Å². The molecule has 1 aromatic heterocycles. The lowest BCUT2D eigenvalue weighted by atomic mass is 9.91. The van der Waals surface area contributed by atoms with Crippen molar-refractivity contribution in [3.63, 3.8) is 0 Å². The molecule has 32 heavy (non-hydrogen) atoms. The van der Waals surface area contributed by atoms with Crippen molar-refractivity contribution >= 4 is 22.9 Å². The van der Waals surface area contributed by atoms with Crippen molar-refractivity contribution in [2.75, 3.05) is 39.6 Å². The van der Waals surface area contributed by atoms with Gasteiger partial charge in [0, 0.05) is 18.1 Å². The minimum Gasteiger partial charge on any atom is -0.488 e. The number of halogens is 1. The van der Waals surface area contributed by atoms with Crippen molar-refractivity contribution in [3.8, 4) is 11.5 Å². The zero-order chi connectivity index (χ0) is 23.4. The van der Waals surface area contributed by atoms with Crippen LogP contribution in [0.4, 0.5) is 0 Å². The summed E-state index contributed by atoms with van der Waals surface area (Å²) in [6, 6.07) is 0. The van der Waals surface area contributed by atoms with Crippen LogP contribution >= 0.6 is 22.9 Å². The number of unbranched alkanes of at least 4 members (excludes halogenated alkanes) is 2. The Labute approximate surface area is 205 Å². The minimum absolute atomic E-state index is 0.335. The molecular formula is C26H45ClO4S. The Bertz CT molecular complexity index is 596. The van der Waals surface area contributed by atoms with E-state index in [0.717, 1.165) is 36.7 Å². The number of aryl methyl sites for hydroxylation is 1. The standard InChI is InChI=1S/C26H45ClO4S/c1-6-10-12-21(8-3)14-28-16-26(17-29-15-22(9-4)13-11-7-2)18-30-23-20(5)32-25(27)24(23)31-19-26/h21-22H,6-19H2,1-5H3. The van der Waals surface area contributed by atoms with Crippen molar-refractivity contribution in [1.29, 1.82) is 0 Å². The van der Waals surface area contributed by atoms with Gasteiger partial charge in [-0.05, 0) is 31.6 Å². The summed E-state index contributed by atoms with van der Waals surface area (Å²) in [7, 11) is 0. The van der Waals surface area contributed by atoms with E-state index in [1.807, 2.05) is 6.92 Å². The Morgan fingerprint density at radius 2 is 1.38 bits per heavy atom. The molecule has 186 valence electrons. The third-order valence-corrected chi connectivity index (χ3v) is 7.86. The van der Waals surface area contributed by atoms with E-state index < -0.39 is 0 Å². The fourth-order valence-electron chi connectivity index (χ4n) is 4.15. The molecule has 0 fully saturated rings. The SMILES string of the molecule is CCCCC(CC)COCC1(COCC(CC)CCCC)COc2c(C)sc(Cl)c2OC1. The first kappa shape index (κ1) is 27.8. The van der Waals surface area contributed by atoms with Gasteiger partial charge in [0.1, 0.15) is 17.6 Å². The van der Waals surface area contributed by atoms with E-state index in [-0.39, 0.29) is 5.41 Å². The molecule has 4 nitrogen and oxygen atoms in total. The molecule has 0 saturated carbocycles. The third-order valence-electron chi connectivity index (χ3n) is 6.60. The van der Waals surface area contributed by atoms with Gasteiger partial charge in [0.2, 0.25) is 0 Å². The number of hydrogen-bond acceptors (Lipinski definition) is 5. The van der Waals surface area contributed by atoms with Crippen LogP contribution in [0.25, 0.3) is 0 Å². The number of ether oxygens (including phenoxy) is 4. The molecule has 2 rings (SSSR count). The fourth-order valence-corrected chi connectivity index (χ4v) is 5.39. The highest BCUT2D eigenvalue weighted by molar-refractivity contribution is 7.17. The summed E-state index contributed by atoms with van der Waals surface area (Å²) in [5.41, 5.74) is -0.335. The highest BCUT2D eigenvalue weighted by atomic mass is 35.5. The van der Waals surface area contributed by atoms with Gasteiger partial charge >= 0.3 is 0 Å². The molecule has 0 saturated heterocycles. The minimum atomic E-state index is -0.335. The van der Waals surface area contributed by atoms with E-state index in [2.05, 4.69) is 27.7 Å². The monoisotopic (exact) mass is 488 g/mol. The van der Waals surface area contributed by atoms with Gasteiger partial charge in [-0.25, -0.2) is 0 Å². The summed E-state index contributed by atoms with van der Waals surface area (Å²) in [5, 5.41) is 0. The summed E-state index contributed by atoms with van der Waals surface area (Å²) in [6.45, 7) is 14.8. The van der Waals surface area contributed by atoms with Gasteiger partial charge in [0.25, 0.3) is 0 Å². The average molecular weight is 489 g/mol. The number of hydrogen-bond donors (Lipinski definition) is 0. The number of thiophene rings is 1. The van der Waals surface area contributed by atoms with Gasteiger partial charge < -0.3 is 18.9 Å². The van der Waals surface area contributed by atoms with Crippen LogP contribution in [0.3, 0.4) is 0 Å². The molecule has 2 atom stereocenters. The predicted octanol–water partition coefficient (Wildman–Crippen LogP) is 7.93. The van der Waals surface area contributed by atoms with E-state index in [0.29, 0.717) is 48.3 Å². The molecule has 6 heteroatoms. The van der Waals surface area contributed by atoms with Crippen LogP contribution in [-0.2, 0) is 9.47 Å². The highest BCUT2D eigenvalue weighted by Gasteiger charge is 2.38. The maximum Gasteiger partial charge on any atom is 0.191 e. The van der Waals surface area contributed by atoms with Gasteiger partial charge in [0.05, 0.1) is 18.6 Å². The van der Waals surface area contributed by atoms with E-state index in [4.69, 9.17) is 30.5 Å². The lowest BCUT2D eigenvalue weighted by molar-refractivity contribution is -0.0715. The van der Waals surface area contributed by atoms with Gasteiger partial charge in [-0.2, -0.15) is 0 Å². The van der Waals surface area contributed by atoms with E-state index in [1.54, 1.807) is 0 Å². The zero-order valence-corrected chi connectivity index (χ0v) is 22.5. The molecule has 0 aromatic carbocycles. The summed E-state index contributed by atoms with van der Waals surface area (Å²) in [6.07, 6.45) is 9.74. The van der Waals surface area contributed by atoms with Crippen molar-refractivity contribution < 1.29 is 18.9 Å². The first-order chi connectivity index (χ1) is 15.5. The molecule has 1 aromatic rings. The third kappa shape index (κ3) is 8.38. The molecule has 0 radical (unpaired) electrons. The van der Waals surface area contributed by atoms with Crippen LogP contribution in [-0.4, -0.2) is 39.6 Å². The molecule has 1 aliphatic rings. The zero-order valence-electron chi connectivity index (χ0n) is 21.0. The Balaban J connectivity index is 2.01. The average Bonchev–Trinajstić information content (AvgIpc) is 2.95. The lowest BCUT2D eigenvalue weighted by Gasteiger charge is -2.32. The maximum atomic E-state index is 6.41. The van der Waals surface area contributed by atoms with Crippen molar-refractivity contribution in [2.24, 2.45) is 17.3 Å². The van der Waals surface area contributed by atoms with Crippen LogP contribution in [0, 0.1) is 24.2 Å². The van der Waals surface area contributed by atoms with Gasteiger partial charge in [-0.3, -0.25) is 0 Å². The van der Waals surface area contributed by atoms with Gasteiger partial charge in [-0.15, -0.1) is 11.3 Å². The molecule has 0 aliphatic carbocycles. The van der Waals surface area contributed by atoms with Crippen molar-refractivity contribution in [1.82, 2.24) is 0 Å². The Morgan fingerprint density at radius 3 is 1.84 bits per heavy atom. The summed E-state index contributed by atoms with van der Waals surface area (Å²) in [4.78, 5) is 1.05. The molecule has 0 bridgehead atoms. The topological polar surface area (TPSA) is 36.9 Å². The molecule has 2 unspecified atom stereocenters.